The second-order valence-corrected chi connectivity index (χ2v) is 2.70. The summed E-state index contributed by atoms with van der Waals surface area (Å²) in [5.41, 5.74) is 0. The maximum absolute atomic E-state index is 4.99. The van der Waals surface area contributed by atoms with Crippen molar-refractivity contribution in [2.45, 2.75) is 0 Å². The number of rotatable bonds is 1. The van der Waals surface area contributed by atoms with Gasteiger partial charge in [0.2, 0.25) is 4.86 Å². The van der Waals surface area contributed by atoms with Crippen molar-refractivity contribution >= 4 is 43.1 Å². The van der Waals surface area contributed by atoms with Crippen LogP contribution in [0.3, 0.4) is 0 Å². The van der Waals surface area contributed by atoms with E-state index in [4.69, 9.17) is 7.57 Å². The van der Waals surface area contributed by atoms with Crippen molar-refractivity contribution in [1.29, 1.82) is 0 Å². The number of hydrogen-bond acceptors (Lipinski definition) is 0. The van der Waals surface area contributed by atoms with Gasteiger partial charge in [-0.1, -0.05) is 0 Å². The summed E-state index contributed by atoms with van der Waals surface area (Å²) in [4.78, 5) is 1.90. The number of hydrogen-bond donors (Lipinski definition) is 0. The lowest BCUT2D eigenvalue weighted by Crippen LogP contribution is -1.49. The smallest absolute Gasteiger partial charge is 0.197 e. The van der Waals surface area contributed by atoms with Gasteiger partial charge in [0.25, 0.3) is 0 Å². The third-order valence-electron chi connectivity index (χ3n) is 0.0630. The summed E-state index contributed by atoms with van der Waals surface area (Å²) >= 11 is 2.11. The quantitative estimate of drug-likeness (QED) is 0.317. The van der Waals surface area contributed by atoms with Gasteiger partial charge in [-0.2, -0.15) is 30.7 Å². The molecule has 0 aromatic heterocycles. The van der Waals surface area contributed by atoms with E-state index in [1.54, 1.807) is 0 Å². The van der Waals surface area contributed by atoms with Crippen molar-refractivity contribution in [2.75, 3.05) is 0 Å². The van der Waals surface area contributed by atoms with Gasteiger partial charge < -0.3 is 0 Å². The molecule has 0 aliphatic rings. The molecule has 3 radical (unpaired) electrons. The van der Waals surface area contributed by atoms with Crippen LogP contribution in [-0.2, 0) is 0 Å². The summed E-state index contributed by atoms with van der Waals surface area (Å²) in [5, 5.41) is 0. The van der Waals surface area contributed by atoms with Crippen LogP contribution in [0.4, 0.5) is 0 Å². The van der Waals surface area contributed by atoms with Crippen LogP contribution in [0.2, 0.25) is 0 Å². The minimum atomic E-state index is 0.502. The molecule has 19 valence electrons. The summed E-state index contributed by atoms with van der Waals surface area (Å²) in [6.45, 7) is 0. The van der Waals surface area contributed by atoms with Crippen LogP contribution >= 0.6 is 30.7 Å². The fourth-order valence-electron chi connectivity index (χ4n) is 0. The largest absolute Gasteiger partial charge is 0.219 e. The van der Waals surface area contributed by atoms with Gasteiger partial charge in [-0.15, -0.1) is 0 Å². The Hall–Kier alpha value is 1.29. The first-order valence-corrected chi connectivity index (χ1v) is 3.20. The second-order valence-electron chi connectivity index (χ2n) is 0.276. The lowest BCUT2D eigenvalue weighted by molar-refractivity contribution is 4.77. The van der Waals surface area contributed by atoms with Gasteiger partial charge >= 0.3 is 0 Å². The molecule has 0 aliphatic carbocycles. The summed E-state index contributed by atoms with van der Waals surface area (Å²) in [6, 6.07) is 0. The Balaban J connectivity index is 1.97. The predicted molar refractivity (Wildman–Crippen MR) is 33.8 cm³/mol. The first-order valence-electron chi connectivity index (χ1n) is 0.796. The van der Waals surface area contributed by atoms with Crippen LogP contribution in [0.1, 0.15) is 0 Å². The van der Waals surface area contributed by atoms with E-state index in [1.807, 2.05) is 4.86 Å². The lowest BCUT2D eigenvalue weighted by atomic mass is 10.7. The fourth-order valence-corrected chi connectivity index (χ4v) is 0. The van der Waals surface area contributed by atoms with Gasteiger partial charge in [0.1, 0.15) is 0 Å². The zero-order valence-electron chi connectivity index (χ0n) is 2.03. The van der Waals surface area contributed by atoms with E-state index in [9.17, 15) is 0 Å². The topological polar surface area (TPSA) is 0 Å². The molecular weight excluding hydrogens is 180 g/mol. The van der Waals surface area contributed by atoms with E-state index in [2.05, 4.69) is 22.4 Å². The molecule has 0 nitrogen and oxygen atoms in total. The predicted octanol–water partition coefficient (Wildman–Crippen LogP) is 0.718. The third-order valence-corrected chi connectivity index (χ3v) is 1.27. The van der Waals surface area contributed by atoms with Crippen molar-refractivity contribution in [2.24, 2.45) is 0 Å². The minimum Gasteiger partial charge on any atom is -0.197 e. The molecule has 0 amide bonds. The molecule has 0 aromatic rings. The Kier molecular flexibility index (Phi) is 5.67. The molecule has 0 spiro atoms. The normalized spacial score (nSPS) is 9.25. The standard InChI is InChI=1S/B2HIP/c1-4-2-3/h4H. The van der Waals surface area contributed by atoms with Crippen LogP contribution in [0.25, 0.3) is 0 Å². The summed E-state index contributed by atoms with van der Waals surface area (Å²) in [6.07, 6.45) is 0. The van der Waals surface area contributed by atoms with Gasteiger partial charge in [0, 0.05) is 0 Å². The summed E-state index contributed by atoms with van der Waals surface area (Å²) < 4.78 is 0. The molecule has 4 heavy (non-hydrogen) atoms. The molecular formula is HB2IP. The third kappa shape index (κ3) is 3.29. The highest BCUT2D eigenvalue weighted by atomic mass is 127. The molecule has 0 aliphatic heterocycles. The number of halogens is 1. The summed E-state index contributed by atoms with van der Waals surface area (Å²) in [5.74, 6) is 0. The molecule has 0 saturated heterocycles. The van der Waals surface area contributed by atoms with E-state index >= 15 is 0 Å². The first kappa shape index (κ1) is 5.29. The molecule has 0 aromatic carbocycles. The van der Waals surface area contributed by atoms with E-state index in [-0.39, 0.29) is 0 Å². The Morgan fingerprint density at radius 2 is 2.25 bits per heavy atom. The van der Waals surface area contributed by atoms with E-state index in [0.717, 1.165) is 0 Å². The van der Waals surface area contributed by atoms with Crippen LogP contribution in [0.5, 0.6) is 0 Å². The minimum absolute atomic E-state index is 0.502. The van der Waals surface area contributed by atoms with Crippen LogP contribution < -0.4 is 0 Å². The van der Waals surface area contributed by atoms with Crippen molar-refractivity contribution in [1.82, 2.24) is 0 Å². The Bertz CT molecular complexity index is 8.00. The SMILES string of the molecule is [B]P[B]I. The van der Waals surface area contributed by atoms with Crippen molar-refractivity contribution in [3.05, 3.63) is 0 Å². The fraction of sp³-hybridized carbons (Fsp3) is 0. The van der Waals surface area contributed by atoms with Gasteiger partial charge in [-0.05, 0) is 0 Å². The Labute approximate surface area is 43.3 Å². The molecule has 0 saturated carbocycles. The van der Waals surface area contributed by atoms with Gasteiger partial charge in [0.05, 0.1) is 7.57 Å². The highest BCUT2D eigenvalue weighted by Gasteiger charge is 1.63. The van der Waals surface area contributed by atoms with Gasteiger partial charge in [-0.25, -0.2) is 0 Å². The molecule has 1 unspecified atom stereocenters. The summed E-state index contributed by atoms with van der Waals surface area (Å²) in [7, 11) is 5.49. The second kappa shape index (κ2) is 4.29. The van der Waals surface area contributed by atoms with E-state index < -0.39 is 0 Å². The average Bonchev–Trinajstić information content (AvgIpc) is 1.37. The van der Waals surface area contributed by atoms with Crippen LogP contribution in [0.15, 0.2) is 0 Å². The molecule has 0 N–H and O–H groups in total. The van der Waals surface area contributed by atoms with E-state index in [1.165, 1.54) is 0 Å². The van der Waals surface area contributed by atoms with Crippen molar-refractivity contribution in [3.8, 4) is 0 Å². The lowest BCUT2D eigenvalue weighted by Gasteiger charge is -1.63. The van der Waals surface area contributed by atoms with Gasteiger partial charge in [0.15, 0.2) is 0 Å². The molecule has 4 heteroatoms. The zero-order valence-corrected chi connectivity index (χ0v) is 5.19. The van der Waals surface area contributed by atoms with Crippen LogP contribution in [0, 0.1) is 0 Å². The molecule has 0 heterocycles. The highest BCUT2D eigenvalue weighted by molar-refractivity contribution is 14.1. The maximum Gasteiger partial charge on any atom is 0.219 e. The molecule has 1 atom stereocenters. The molecule has 0 fully saturated rings. The molecule has 0 bridgehead atoms. The average molecular weight is 181 g/mol. The van der Waals surface area contributed by atoms with E-state index in [0.29, 0.717) is 8.34 Å². The maximum atomic E-state index is 4.99. The highest BCUT2D eigenvalue weighted by Crippen LogP contribution is 1.98. The van der Waals surface area contributed by atoms with Crippen molar-refractivity contribution in [3.63, 3.8) is 0 Å². The van der Waals surface area contributed by atoms with Gasteiger partial charge in [-0.3, -0.25) is 0 Å². The zero-order chi connectivity index (χ0) is 3.41. The Morgan fingerprint density at radius 3 is 2.25 bits per heavy atom. The molecule has 0 rings (SSSR count). The van der Waals surface area contributed by atoms with Crippen molar-refractivity contribution < 1.29 is 0 Å². The first-order chi connectivity index (χ1) is 1.91. The van der Waals surface area contributed by atoms with Crippen LogP contribution in [-0.4, -0.2) is 12.4 Å². The Morgan fingerprint density at radius 1 is 2.00 bits per heavy atom. The monoisotopic (exact) mass is 181 g/mol.